The van der Waals surface area contributed by atoms with Crippen molar-refractivity contribution in [1.82, 2.24) is 9.78 Å². The summed E-state index contributed by atoms with van der Waals surface area (Å²) in [5, 5.41) is 4.39. The molecule has 0 radical (unpaired) electrons. The maximum absolute atomic E-state index is 13.4. The molecule has 1 saturated heterocycles. The van der Waals surface area contributed by atoms with E-state index in [2.05, 4.69) is 12.0 Å². The first-order chi connectivity index (χ1) is 13.2. The molecule has 0 aliphatic carbocycles. The average Bonchev–Trinajstić information content (AvgIpc) is 3.23. The zero-order chi connectivity index (χ0) is 18.9. The van der Waals surface area contributed by atoms with Crippen molar-refractivity contribution in [1.29, 1.82) is 0 Å². The number of aromatic nitrogens is 2. The Morgan fingerprint density at radius 1 is 1.04 bits per heavy atom. The Morgan fingerprint density at radius 3 is 2.11 bits per heavy atom. The first-order valence-corrected chi connectivity index (χ1v) is 9.47. The van der Waals surface area contributed by atoms with Crippen molar-refractivity contribution in [3.05, 3.63) is 89.7 Å². The monoisotopic (exact) mass is 360 g/mol. The van der Waals surface area contributed by atoms with Gasteiger partial charge in [-0.1, -0.05) is 67.6 Å². The van der Waals surface area contributed by atoms with Gasteiger partial charge in [0.05, 0.1) is 12.7 Å². The van der Waals surface area contributed by atoms with Gasteiger partial charge < -0.3 is 4.74 Å². The zero-order valence-electron chi connectivity index (χ0n) is 15.7. The standard InChI is InChI=1S/C23H24N2O2/c1-3-20-21(16-25-15-17(2)14-24-25)27-22(26)23(20,18-10-6-4-7-11-18)19-12-8-5-9-13-19/h4-15,20-21H,3,16H2,1-2H3. The van der Waals surface area contributed by atoms with Crippen molar-refractivity contribution < 1.29 is 9.53 Å². The van der Waals surface area contributed by atoms with Crippen LogP contribution in [0.3, 0.4) is 0 Å². The van der Waals surface area contributed by atoms with Crippen molar-refractivity contribution in [3.8, 4) is 0 Å². The number of hydrogen-bond acceptors (Lipinski definition) is 3. The van der Waals surface area contributed by atoms with Gasteiger partial charge in [0.25, 0.3) is 0 Å². The Balaban J connectivity index is 1.83. The van der Waals surface area contributed by atoms with E-state index >= 15 is 0 Å². The van der Waals surface area contributed by atoms with E-state index in [0.717, 1.165) is 23.1 Å². The van der Waals surface area contributed by atoms with Crippen LogP contribution in [0.1, 0.15) is 30.0 Å². The first-order valence-electron chi connectivity index (χ1n) is 9.47. The van der Waals surface area contributed by atoms with Crippen LogP contribution in [0.4, 0.5) is 0 Å². The number of rotatable bonds is 5. The Bertz CT molecular complexity index is 878. The number of ether oxygens (including phenoxy) is 1. The van der Waals surface area contributed by atoms with Gasteiger partial charge in [-0.2, -0.15) is 5.10 Å². The summed E-state index contributed by atoms with van der Waals surface area (Å²) in [6.07, 6.45) is 4.44. The fourth-order valence-corrected chi connectivity index (χ4v) is 4.46. The number of carbonyl (C=O) groups excluding carboxylic acids is 1. The van der Waals surface area contributed by atoms with Crippen molar-refractivity contribution in [3.63, 3.8) is 0 Å². The number of cyclic esters (lactones) is 1. The highest BCUT2D eigenvalue weighted by molar-refractivity contribution is 5.90. The number of hydrogen-bond donors (Lipinski definition) is 0. The average molecular weight is 360 g/mol. The lowest BCUT2D eigenvalue weighted by Gasteiger charge is -2.33. The van der Waals surface area contributed by atoms with E-state index in [1.165, 1.54) is 0 Å². The third-order valence-corrected chi connectivity index (χ3v) is 5.61. The van der Waals surface area contributed by atoms with Gasteiger partial charge in [-0.05, 0) is 30.0 Å². The number of benzene rings is 2. The van der Waals surface area contributed by atoms with E-state index in [0.29, 0.717) is 6.54 Å². The lowest BCUT2D eigenvalue weighted by atomic mass is 9.64. The normalized spacial score (nSPS) is 21.2. The van der Waals surface area contributed by atoms with Gasteiger partial charge in [0.15, 0.2) is 0 Å². The number of carbonyl (C=O) groups is 1. The molecule has 0 amide bonds. The summed E-state index contributed by atoms with van der Waals surface area (Å²) < 4.78 is 7.88. The van der Waals surface area contributed by atoms with Gasteiger partial charge in [0.2, 0.25) is 0 Å². The Morgan fingerprint density at radius 2 is 1.63 bits per heavy atom. The van der Waals surface area contributed by atoms with E-state index in [-0.39, 0.29) is 18.0 Å². The SMILES string of the molecule is CCC1C(Cn2cc(C)cn2)OC(=O)C1(c1ccccc1)c1ccccc1. The van der Waals surface area contributed by atoms with Crippen molar-refractivity contribution in [2.45, 2.75) is 38.3 Å². The first kappa shape index (κ1) is 17.5. The van der Waals surface area contributed by atoms with E-state index in [1.807, 2.05) is 84.7 Å². The molecule has 4 heteroatoms. The molecule has 2 atom stereocenters. The Kier molecular flexibility index (Phi) is 4.56. The minimum absolute atomic E-state index is 0.0271. The smallest absolute Gasteiger partial charge is 0.321 e. The highest BCUT2D eigenvalue weighted by atomic mass is 16.6. The summed E-state index contributed by atoms with van der Waals surface area (Å²) >= 11 is 0. The summed E-state index contributed by atoms with van der Waals surface area (Å²) in [7, 11) is 0. The predicted octanol–water partition coefficient (Wildman–Crippen LogP) is 4.13. The fourth-order valence-electron chi connectivity index (χ4n) is 4.46. The van der Waals surface area contributed by atoms with Crippen LogP contribution >= 0.6 is 0 Å². The summed E-state index contributed by atoms with van der Waals surface area (Å²) in [4.78, 5) is 13.4. The van der Waals surface area contributed by atoms with Gasteiger partial charge in [-0.3, -0.25) is 9.48 Å². The molecule has 2 aromatic carbocycles. The van der Waals surface area contributed by atoms with Crippen LogP contribution in [0.2, 0.25) is 0 Å². The lowest BCUT2D eigenvalue weighted by molar-refractivity contribution is -0.145. The molecule has 4 nitrogen and oxygen atoms in total. The highest BCUT2D eigenvalue weighted by Gasteiger charge is 2.58. The molecule has 0 N–H and O–H groups in total. The second-order valence-corrected chi connectivity index (χ2v) is 7.24. The third-order valence-electron chi connectivity index (χ3n) is 5.61. The molecule has 2 unspecified atom stereocenters. The van der Waals surface area contributed by atoms with Crippen LogP contribution in [0.5, 0.6) is 0 Å². The van der Waals surface area contributed by atoms with Crippen LogP contribution in [0.15, 0.2) is 73.1 Å². The topological polar surface area (TPSA) is 44.1 Å². The van der Waals surface area contributed by atoms with Crippen molar-refractivity contribution >= 4 is 5.97 Å². The van der Waals surface area contributed by atoms with E-state index in [4.69, 9.17) is 4.74 Å². The second kappa shape index (κ2) is 7.03. The molecular weight excluding hydrogens is 336 g/mol. The summed E-state index contributed by atoms with van der Waals surface area (Å²) in [6.45, 7) is 4.72. The maximum Gasteiger partial charge on any atom is 0.321 e. The molecule has 2 heterocycles. The quantitative estimate of drug-likeness (QED) is 0.643. The minimum Gasteiger partial charge on any atom is -0.459 e. The second-order valence-electron chi connectivity index (χ2n) is 7.24. The molecule has 0 saturated carbocycles. The van der Waals surface area contributed by atoms with Gasteiger partial charge >= 0.3 is 5.97 Å². The van der Waals surface area contributed by atoms with Gasteiger partial charge in [-0.15, -0.1) is 0 Å². The van der Waals surface area contributed by atoms with Crippen LogP contribution in [0, 0.1) is 12.8 Å². The molecular formula is C23H24N2O2. The van der Waals surface area contributed by atoms with Crippen LogP contribution in [0.25, 0.3) is 0 Å². The van der Waals surface area contributed by atoms with Crippen molar-refractivity contribution in [2.75, 3.05) is 0 Å². The van der Waals surface area contributed by atoms with E-state index < -0.39 is 5.41 Å². The minimum atomic E-state index is -0.788. The predicted molar refractivity (Wildman–Crippen MR) is 104 cm³/mol. The largest absolute Gasteiger partial charge is 0.459 e. The van der Waals surface area contributed by atoms with Gasteiger partial charge in [-0.25, -0.2) is 0 Å². The zero-order valence-corrected chi connectivity index (χ0v) is 15.7. The molecule has 1 aliphatic heterocycles. The van der Waals surface area contributed by atoms with E-state index in [9.17, 15) is 4.79 Å². The van der Waals surface area contributed by atoms with Crippen LogP contribution < -0.4 is 0 Å². The van der Waals surface area contributed by atoms with Crippen LogP contribution in [-0.2, 0) is 21.5 Å². The third kappa shape index (κ3) is 2.85. The number of nitrogens with zero attached hydrogens (tertiary/aromatic N) is 2. The molecule has 138 valence electrons. The Labute approximate surface area is 159 Å². The van der Waals surface area contributed by atoms with Crippen molar-refractivity contribution in [2.24, 2.45) is 5.92 Å². The van der Waals surface area contributed by atoms with Gasteiger partial charge in [0, 0.05) is 12.1 Å². The summed E-state index contributed by atoms with van der Waals surface area (Å²) in [5.41, 5.74) is 2.30. The van der Waals surface area contributed by atoms with E-state index in [1.54, 1.807) is 0 Å². The molecule has 0 bridgehead atoms. The fraction of sp³-hybridized carbons (Fsp3) is 0.304. The summed E-state index contributed by atoms with van der Waals surface area (Å²) in [6, 6.07) is 20.1. The lowest BCUT2D eigenvalue weighted by Crippen LogP contribution is -2.41. The molecule has 4 rings (SSSR count). The number of esters is 1. The molecule has 3 aromatic rings. The molecule has 1 fully saturated rings. The van der Waals surface area contributed by atoms with Gasteiger partial charge in [0.1, 0.15) is 11.5 Å². The number of aryl methyl sites for hydroxylation is 1. The maximum atomic E-state index is 13.4. The van der Waals surface area contributed by atoms with Crippen LogP contribution in [-0.4, -0.2) is 21.9 Å². The summed E-state index contributed by atoms with van der Waals surface area (Å²) in [5.74, 6) is -0.139. The molecule has 1 aliphatic rings. The molecule has 27 heavy (non-hydrogen) atoms. The Hall–Kier alpha value is -2.88. The molecule has 0 spiro atoms. The highest BCUT2D eigenvalue weighted by Crippen LogP contribution is 2.49. The molecule has 1 aromatic heterocycles.